The molecule has 2 aromatic rings. The standard InChI is InChI=1S/C21H24N2O4S/c1-4-13-23(14-5-2)28(25,26)20-11-9-18(10-12-20)22-21(24)16-27-19-8-6-7-17(3)15-19/h4-12,15H,1-2,13-14,16H2,3H3,(H,22,24). The lowest BCUT2D eigenvalue weighted by molar-refractivity contribution is -0.118. The molecule has 0 saturated carbocycles. The summed E-state index contributed by atoms with van der Waals surface area (Å²) in [5.74, 6) is 0.276. The Morgan fingerprint density at radius 3 is 2.32 bits per heavy atom. The fraction of sp³-hybridized carbons (Fsp3) is 0.190. The summed E-state index contributed by atoms with van der Waals surface area (Å²) in [4.78, 5) is 12.2. The van der Waals surface area contributed by atoms with Crippen LogP contribution in [0.1, 0.15) is 5.56 Å². The normalized spacial score (nSPS) is 11.1. The Morgan fingerprint density at radius 2 is 1.75 bits per heavy atom. The second-order valence-corrected chi connectivity index (χ2v) is 8.02. The van der Waals surface area contributed by atoms with E-state index in [0.29, 0.717) is 11.4 Å². The molecule has 0 bridgehead atoms. The average molecular weight is 401 g/mol. The van der Waals surface area contributed by atoms with Crippen LogP contribution >= 0.6 is 0 Å². The van der Waals surface area contributed by atoms with Crippen LogP contribution in [0.4, 0.5) is 5.69 Å². The summed E-state index contributed by atoms with van der Waals surface area (Å²) >= 11 is 0. The van der Waals surface area contributed by atoms with E-state index in [4.69, 9.17) is 4.74 Å². The fourth-order valence-corrected chi connectivity index (χ4v) is 3.85. The predicted molar refractivity (Wildman–Crippen MR) is 111 cm³/mol. The number of anilines is 1. The highest BCUT2D eigenvalue weighted by Crippen LogP contribution is 2.19. The van der Waals surface area contributed by atoms with Crippen LogP contribution in [0.3, 0.4) is 0 Å². The van der Waals surface area contributed by atoms with Gasteiger partial charge < -0.3 is 10.1 Å². The van der Waals surface area contributed by atoms with Crippen LogP contribution in [-0.4, -0.2) is 38.3 Å². The lowest BCUT2D eigenvalue weighted by Gasteiger charge is -2.19. The molecule has 0 aliphatic heterocycles. The van der Waals surface area contributed by atoms with Crippen molar-refractivity contribution in [3.63, 3.8) is 0 Å². The minimum Gasteiger partial charge on any atom is -0.484 e. The van der Waals surface area contributed by atoms with Crippen LogP contribution in [0.5, 0.6) is 5.75 Å². The summed E-state index contributed by atoms with van der Waals surface area (Å²) in [6.07, 6.45) is 3.04. The average Bonchev–Trinajstić information content (AvgIpc) is 2.67. The molecule has 0 aromatic heterocycles. The second kappa shape index (κ2) is 9.87. The Hall–Kier alpha value is -2.90. The zero-order chi connectivity index (χ0) is 20.6. The van der Waals surface area contributed by atoms with Gasteiger partial charge in [-0.3, -0.25) is 4.79 Å². The van der Waals surface area contributed by atoms with Crippen LogP contribution in [0.15, 0.2) is 78.7 Å². The van der Waals surface area contributed by atoms with Gasteiger partial charge in [0.25, 0.3) is 5.91 Å². The van der Waals surface area contributed by atoms with Gasteiger partial charge in [0.1, 0.15) is 5.75 Å². The molecule has 0 aliphatic carbocycles. The number of sulfonamides is 1. The molecular formula is C21H24N2O4S. The maximum absolute atomic E-state index is 12.7. The number of hydrogen-bond acceptors (Lipinski definition) is 4. The van der Waals surface area contributed by atoms with Gasteiger partial charge in [0, 0.05) is 18.8 Å². The molecule has 7 heteroatoms. The zero-order valence-corrected chi connectivity index (χ0v) is 16.6. The molecule has 0 unspecified atom stereocenters. The molecule has 6 nitrogen and oxygen atoms in total. The van der Waals surface area contributed by atoms with Crippen molar-refractivity contribution in [3.8, 4) is 5.75 Å². The van der Waals surface area contributed by atoms with Crippen molar-refractivity contribution in [3.05, 3.63) is 79.4 Å². The fourth-order valence-electron chi connectivity index (χ4n) is 2.47. The highest BCUT2D eigenvalue weighted by Gasteiger charge is 2.22. The van der Waals surface area contributed by atoms with Crippen molar-refractivity contribution in [2.24, 2.45) is 0 Å². The molecule has 0 atom stereocenters. The number of amides is 1. The second-order valence-electron chi connectivity index (χ2n) is 6.08. The van der Waals surface area contributed by atoms with E-state index < -0.39 is 10.0 Å². The first-order valence-electron chi connectivity index (χ1n) is 8.68. The van der Waals surface area contributed by atoms with E-state index in [0.717, 1.165) is 5.56 Å². The summed E-state index contributed by atoms with van der Waals surface area (Å²) < 4.78 is 32.0. The quantitative estimate of drug-likeness (QED) is 0.621. The lowest BCUT2D eigenvalue weighted by Crippen LogP contribution is -2.31. The smallest absolute Gasteiger partial charge is 0.262 e. The summed E-state index contributed by atoms with van der Waals surface area (Å²) in [5.41, 5.74) is 1.52. The van der Waals surface area contributed by atoms with Crippen LogP contribution < -0.4 is 10.1 Å². The molecule has 0 spiro atoms. The Labute approximate surface area is 166 Å². The number of hydrogen-bond donors (Lipinski definition) is 1. The van der Waals surface area contributed by atoms with Crippen molar-refractivity contribution in [1.82, 2.24) is 4.31 Å². The molecule has 2 aromatic carbocycles. The predicted octanol–water partition coefficient (Wildman–Crippen LogP) is 3.38. The van der Waals surface area contributed by atoms with Crippen LogP contribution in [0.2, 0.25) is 0 Å². The maximum Gasteiger partial charge on any atom is 0.262 e. The third-order valence-corrected chi connectivity index (χ3v) is 5.65. The van der Waals surface area contributed by atoms with E-state index in [-0.39, 0.29) is 30.5 Å². The van der Waals surface area contributed by atoms with Gasteiger partial charge in [-0.25, -0.2) is 8.42 Å². The number of aryl methyl sites for hydroxylation is 1. The summed E-state index contributed by atoms with van der Waals surface area (Å²) in [6, 6.07) is 13.4. The molecule has 0 saturated heterocycles. The molecule has 0 radical (unpaired) electrons. The summed E-state index contributed by atoms with van der Waals surface area (Å²) in [7, 11) is -3.67. The Balaban J connectivity index is 2.00. The Kier molecular flexibility index (Phi) is 7.54. The summed E-state index contributed by atoms with van der Waals surface area (Å²) in [6.45, 7) is 9.32. The van der Waals surface area contributed by atoms with Crippen molar-refractivity contribution in [2.45, 2.75) is 11.8 Å². The molecule has 0 aliphatic rings. The third kappa shape index (κ3) is 5.80. The molecule has 2 rings (SSSR count). The van der Waals surface area contributed by atoms with Gasteiger partial charge in [0.2, 0.25) is 10.0 Å². The minimum absolute atomic E-state index is 0.130. The van der Waals surface area contributed by atoms with E-state index in [9.17, 15) is 13.2 Å². The van der Waals surface area contributed by atoms with Crippen LogP contribution in [-0.2, 0) is 14.8 Å². The summed E-state index contributed by atoms with van der Waals surface area (Å²) in [5, 5.41) is 2.68. The number of ether oxygens (including phenoxy) is 1. The van der Waals surface area contributed by atoms with Crippen molar-refractivity contribution in [1.29, 1.82) is 0 Å². The van der Waals surface area contributed by atoms with E-state index in [1.807, 2.05) is 25.1 Å². The third-order valence-electron chi connectivity index (χ3n) is 3.80. The van der Waals surface area contributed by atoms with Gasteiger partial charge in [0.15, 0.2) is 6.61 Å². The van der Waals surface area contributed by atoms with Gasteiger partial charge in [-0.05, 0) is 48.9 Å². The minimum atomic E-state index is -3.67. The Bertz CT molecular complexity index is 927. The first-order chi connectivity index (χ1) is 13.4. The molecular weight excluding hydrogens is 376 g/mol. The highest BCUT2D eigenvalue weighted by molar-refractivity contribution is 7.89. The molecule has 0 fully saturated rings. The largest absolute Gasteiger partial charge is 0.484 e. The van der Waals surface area contributed by atoms with E-state index in [2.05, 4.69) is 18.5 Å². The van der Waals surface area contributed by atoms with E-state index in [1.165, 1.54) is 40.7 Å². The number of carbonyl (C=O) groups excluding carboxylic acids is 1. The van der Waals surface area contributed by atoms with Gasteiger partial charge in [-0.1, -0.05) is 24.3 Å². The Morgan fingerprint density at radius 1 is 1.11 bits per heavy atom. The van der Waals surface area contributed by atoms with Gasteiger partial charge >= 0.3 is 0 Å². The maximum atomic E-state index is 12.7. The molecule has 1 amide bonds. The molecule has 0 heterocycles. The zero-order valence-electron chi connectivity index (χ0n) is 15.8. The van der Waals surface area contributed by atoms with Crippen molar-refractivity contribution < 1.29 is 17.9 Å². The number of carbonyl (C=O) groups is 1. The van der Waals surface area contributed by atoms with Gasteiger partial charge in [0.05, 0.1) is 4.90 Å². The monoisotopic (exact) mass is 400 g/mol. The first-order valence-corrected chi connectivity index (χ1v) is 10.1. The van der Waals surface area contributed by atoms with Gasteiger partial charge in [-0.2, -0.15) is 4.31 Å². The molecule has 148 valence electrons. The first kappa shape index (κ1) is 21.4. The van der Waals surface area contributed by atoms with Crippen LogP contribution in [0, 0.1) is 6.92 Å². The van der Waals surface area contributed by atoms with Crippen molar-refractivity contribution >= 4 is 21.6 Å². The number of rotatable bonds is 10. The highest BCUT2D eigenvalue weighted by atomic mass is 32.2. The molecule has 28 heavy (non-hydrogen) atoms. The molecule has 1 N–H and O–H groups in total. The van der Waals surface area contributed by atoms with Crippen molar-refractivity contribution in [2.75, 3.05) is 25.0 Å². The SMILES string of the molecule is C=CCN(CC=C)S(=O)(=O)c1ccc(NC(=O)COc2cccc(C)c2)cc1. The number of nitrogens with one attached hydrogen (secondary N) is 1. The van der Waals surface area contributed by atoms with Gasteiger partial charge in [-0.15, -0.1) is 13.2 Å². The number of nitrogens with zero attached hydrogens (tertiary/aromatic N) is 1. The number of benzene rings is 2. The van der Waals surface area contributed by atoms with E-state index in [1.54, 1.807) is 6.07 Å². The van der Waals surface area contributed by atoms with E-state index >= 15 is 0 Å². The van der Waals surface area contributed by atoms with Crippen LogP contribution in [0.25, 0.3) is 0 Å². The lowest BCUT2D eigenvalue weighted by atomic mass is 10.2. The topological polar surface area (TPSA) is 75.7 Å².